The number of aliphatic carboxylic acids is 1. The molecule has 0 aromatic heterocycles. The maximum absolute atomic E-state index is 12.4. The summed E-state index contributed by atoms with van der Waals surface area (Å²) >= 11 is 0. The number of esters is 1. The molecule has 2 unspecified atom stereocenters. The summed E-state index contributed by atoms with van der Waals surface area (Å²) in [7, 11) is 0. The number of hydrogen-bond donors (Lipinski definition) is 1. The first-order valence-corrected chi connectivity index (χ1v) is 9.55. The summed E-state index contributed by atoms with van der Waals surface area (Å²) in [6, 6.07) is 17.4. The number of carbonyl (C=O) groups is 2. The van der Waals surface area contributed by atoms with Crippen molar-refractivity contribution in [2.75, 3.05) is 0 Å². The quantitative estimate of drug-likeness (QED) is 0.477. The van der Waals surface area contributed by atoms with Gasteiger partial charge in [-0.15, -0.1) is 0 Å². The van der Waals surface area contributed by atoms with E-state index in [2.05, 4.69) is 0 Å². The highest BCUT2D eigenvalue weighted by Gasteiger charge is 2.43. The lowest BCUT2D eigenvalue weighted by molar-refractivity contribution is -0.171. The minimum Gasteiger partial charge on any atom is -0.489 e. The summed E-state index contributed by atoms with van der Waals surface area (Å²) in [6.45, 7) is 5.53. The van der Waals surface area contributed by atoms with Crippen LogP contribution in [0, 0.1) is 5.41 Å². The summed E-state index contributed by atoms with van der Waals surface area (Å²) in [6.07, 6.45) is 0.920. The molecule has 2 aromatic carbocycles. The lowest BCUT2D eigenvalue weighted by atomic mass is 9.84. The van der Waals surface area contributed by atoms with E-state index in [0.29, 0.717) is 25.2 Å². The summed E-state index contributed by atoms with van der Waals surface area (Å²) in [5.41, 5.74) is 0.401. The topological polar surface area (TPSA) is 72.8 Å². The van der Waals surface area contributed by atoms with Gasteiger partial charge in [0.2, 0.25) is 0 Å². The number of aryl methyl sites for hydroxylation is 1. The minimum absolute atomic E-state index is 0.153. The molecule has 2 atom stereocenters. The van der Waals surface area contributed by atoms with Crippen LogP contribution in [0.1, 0.15) is 44.7 Å². The van der Waals surface area contributed by atoms with Crippen LogP contribution in [0.3, 0.4) is 0 Å². The third-order valence-electron chi connectivity index (χ3n) is 4.87. The molecule has 0 heterocycles. The predicted octanol–water partition coefficient (Wildman–Crippen LogP) is 4.63. The smallest absolute Gasteiger partial charge is 0.323 e. The average Bonchev–Trinajstić information content (AvgIpc) is 2.71. The fraction of sp³-hybridized carbons (Fsp3) is 0.391. The molecule has 0 fully saturated rings. The lowest BCUT2D eigenvalue weighted by Gasteiger charge is -2.24. The molecule has 0 spiro atoms. The van der Waals surface area contributed by atoms with Crippen molar-refractivity contribution in [2.45, 2.75) is 52.7 Å². The monoisotopic (exact) mass is 384 g/mol. The Balaban J connectivity index is 2.01. The van der Waals surface area contributed by atoms with E-state index in [4.69, 9.17) is 9.47 Å². The number of benzene rings is 2. The first-order valence-electron chi connectivity index (χ1n) is 9.55. The Labute approximate surface area is 166 Å². The molecule has 0 radical (unpaired) electrons. The van der Waals surface area contributed by atoms with E-state index in [0.717, 1.165) is 11.1 Å². The second-order valence-corrected chi connectivity index (χ2v) is 7.18. The molecule has 5 nitrogen and oxygen atoms in total. The highest BCUT2D eigenvalue weighted by Crippen LogP contribution is 2.28. The molecule has 0 aliphatic carbocycles. The van der Waals surface area contributed by atoms with Gasteiger partial charge in [0.1, 0.15) is 12.4 Å². The zero-order valence-electron chi connectivity index (χ0n) is 16.7. The van der Waals surface area contributed by atoms with Gasteiger partial charge in [-0.05, 0) is 56.4 Å². The van der Waals surface area contributed by atoms with Crippen molar-refractivity contribution < 1.29 is 24.2 Å². The van der Waals surface area contributed by atoms with E-state index in [1.165, 1.54) is 6.92 Å². The number of hydrogen-bond acceptors (Lipinski definition) is 4. The summed E-state index contributed by atoms with van der Waals surface area (Å²) in [5.74, 6) is -1.15. The Morgan fingerprint density at radius 1 is 1.07 bits per heavy atom. The average molecular weight is 384 g/mol. The van der Waals surface area contributed by atoms with E-state index < -0.39 is 17.4 Å². The fourth-order valence-corrected chi connectivity index (χ4v) is 2.62. The van der Waals surface area contributed by atoms with Gasteiger partial charge in [-0.1, -0.05) is 49.4 Å². The van der Waals surface area contributed by atoms with Crippen molar-refractivity contribution >= 4 is 11.9 Å². The first-order chi connectivity index (χ1) is 13.3. The van der Waals surface area contributed by atoms with Crippen molar-refractivity contribution in [2.24, 2.45) is 5.41 Å². The van der Waals surface area contributed by atoms with Gasteiger partial charge in [0.05, 0.1) is 6.10 Å². The van der Waals surface area contributed by atoms with Crippen molar-refractivity contribution in [3.05, 3.63) is 65.7 Å². The van der Waals surface area contributed by atoms with E-state index >= 15 is 0 Å². The Hall–Kier alpha value is -2.82. The normalized spacial score (nSPS) is 14.0. The Kier molecular flexibility index (Phi) is 7.61. The maximum atomic E-state index is 12.4. The molecule has 28 heavy (non-hydrogen) atoms. The molecule has 2 aromatic rings. The van der Waals surface area contributed by atoms with Crippen LogP contribution in [0.15, 0.2) is 54.6 Å². The SMILES string of the molecule is CCC(C)OC(=O)C(C)(CCc1cccc(OCc2ccccc2)c1)C(=O)O. The molecule has 150 valence electrons. The summed E-state index contributed by atoms with van der Waals surface area (Å²) in [4.78, 5) is 24.2. The van der Waals surface area contributed by atoms with Crippen LogP contribution in [0.2, 0.25) is 0 Å². The summed E-state index contributed by atoms with van der Waals surface area (Å²) < 4.78 is 11.1. The van der Waals surface area contributed by atoms with Gasteiger partial charge in [0.15, 0.2) is 5.41 Å². The summed E-state index contributed by atoms with van der Waals surface area (Å²) in [5, 5.41) is 9.61. The second kappa shape index (κ2) is 9.93. The lowest BCUT2D eigenvalue weighted by Crippen LogP contribution is -2.39. The van der Waals surface area contributed by atoms with Crippen molar-refractivity contribution in [3.8, 4) is 5.75 Å². The molecule has 0 aliphatic heterocycles. The number of carboxylic acid groups (broad SMARTS) is 1. The largest absolute Gasteiger partial charge is 0.489 e. The van der Waals surface area contributed by atoms with Gasteiger partial charge < -0.3 is 14.6 Å². The standard InChI is InChI=1S/C23H28O5/c1-4-17(2)28-22(26)23(3,21(24)25)14-13-18-11-8-12-20(15-18)27-16-19-9-6-5-7-10-19/h5-12,15,17H,4,13-14,16H2,1-3H3,(H,24,25). The van der Waals surface area contributed by atoms with Crippen LogP contribution in [-0.4, -0.2) is 23.1 Å². The maximum Gasteiger partial charge on any atom is 0.323 e. The van der Waals surface area contributed by atoms with E-state index in [9.17, 15) is 14.7 Å². The van der Waals surface area contributed by atoms with Crippen LogP contribution >= 0.6 is 0 Å². The van der Waals surface area contributed by atoms with Crippen LogP contribution in [-0.2, 0) is 27.4 Å². The van der Waals surface area contributed by atoms with Crippen molar-refractivity contribution in [1.29, 1.82) is 0 Å². The van der Waals surface area contributed by atoms with Gasteiger partial charge >= 0.3 is 11.9 Å². The van der Waals surface area contributed by atoms with Gasteiger partial charge in [0.25, 0.3) is 0 Å². The van der Waals surface area contributed by atoms with Crippen LogP contribution in [0.4, 0.5) is 0 Å². The molecular weight excluding hydrogens is 356 g/mol. The number of ether oxygens (including phenoxy) is 2. The Morgan fingerprint density at radius 2 is 1.75 bits per heavy atom. The first kappa shape index (κ1) is 21.5. The van der Waals surface area contributed by atoms with Gasteiger partial charge in [0, 0.05) is 0 Å². The minimum atomic E-state index is -1.58. The number of rotatable bonds is 10. The predicted molar refractivity (Wildman–Crippen MR) is 107 cm³/mol. The van der Waals surface area contributed by atoms with Gasteiger partial charge in [-0.2, -0.15) is 0 Å². The molecule has 0 aliphatic rings. The van der Waals surface area contributed by atoms with E-state index in [1.54, 1.807) is 6.92 Å². The van der Waals surface area contributed by atoms with Crippen molar-refractivity contribution in [1.82, 2.24) is 0 Å². The molecule has 0 amide bonds. The highest BCUT2D eigenvalue weighted by atomic mass is 16.5. The molecule has 5 heteroatoms. The second-order valence-electron chi connectivity index (χ2n) is 7.18. The third kappa shape index (κ3) is 5.84. The molecular formula is C23H28O5. The van der Waals surface area contributed by atoms with E-state index in [1.807, 2.05) is 61.5 Å². The highest BCUT2D eigenvalue weighted by molar-refractivity contribution is 5.98. The Bertz CT molecular complexity index is 787. The molecule has 0 bridgehead atoms. The Morgan fingerprint density at radius 3 is 2.39 bits per heavy atom. The van der Waals surface area contributed by atoms with Crippen molar-refractivity contribution in [3.63, 3.8) is 0 Å². The fourth-order valence-electron chi connectivity index (χ4n) is 2.62. The van der Waals surface area contributed by atoms with Crippen LogP contribution in [0.25, 0.3) is 0 Å². The van der Waals surface area contributed by atoms with Gasteiger partial charge in [-0.3, -0.25) is 9.59 Å². The molecule has 0 saturated heterocycles. The van der Waals surface area contributed by atoms with Crippen LogP contribution in [0.5, 0.6) is 5.75 Å². The zero-order valence-corrected chi connectivity index (χ0v) is 16.7. The van der Waals surface area contributed by atoms with Crippen LogP contribution < -0.4 is 4.74 Å². The third-order valence-corrected chi connectivity index (χ3v) is 4.87. The van der Waals surface area contributed by atoms with Gasteiger partial charge in [-0.25, -0.2) is 0 Å². The molecule has 2 rings (SSSR count). The molecule has 1 N–H and O–H groups in total. The number of carbonyl (C=O) groups excluding carboxylic acids is 1. The van der Waals surface area contributed by atoms with E-state index in [-0.39, 0.29) is 12.5 Å². The number of carboxylic acids is 1. The molecule has 0 saturated carbocycles. The zero-order chi connectivity index (χ0) is 20.6.